The zero-order valence-corrected chi connectivity index (χ0v) is 11.7. The molecule has 0 amide bonds. The van der Waals surface area contributed by atoms with E-state index in [1.807, 2.05) is 0 Å². The van der Waals surface area contributed by atoms with Crippen molar-refractivity contribution in [2.45, 2.75) is 11.3 Å². The second-order valence-electron chi connectivity index (χ2n) is 3.54. The van der Waals surface area contributed by atoms with E-state index < -0.39 is 15.0 Å². The second-order valence-corrected chi connectivity index (χ2v) is 5.17. The minimum Gasteiger partial charge on any atom is -0.746 e. The van der Waals surface area contributed by atoms with Gasteiger partial charge in [0.2, 0.25) is 0 Å². The largest absolute Gasteiger partial charge is 1.00 e. The molecule has 0 radical (unpaired) electrons. The van der Waals surface area contributed by atoms with Crippen LogP contribution in [0.15, 0.2) is 30.3 Å². The molecule has 1 unspecified atom stereocenters. The first kappa shape index (κ1) is 13.9. The van der Waals surface area contributed by atoms with Crippen molar-refractivity contribution in [1.82, 2.24) is 0 Å². The number of benzene rings is 1. The summed E-state index contributed by atoms with van der Waals surface area (Å²) >= 11 is 0. The topological polar surface area (TPSA) is 83.2 Å². The quantitative estimate of drug-likeness (QED) is 0.449. The van der Waals surface area contributed by atoms with Crippen molar-refractivity contribution in [1.29, 1.82) is 0 Å². The van der Waals surface area contributed by atoms with Gasteiger partial charge in [0.05, 0.1) is 0 Å². The Kier molecular flexibility index (Phi) is 3.99. The van der Waals surface area contributed by atoms with Gasteiger partial charge < -0.3 is 10.3 Å². The van der Waals surface area contributed by atoms with Crippen LogP contribution in [0.4, 0.5) is 0 Å². The van der Waals surface area contributed by atoms with Gasteiger partial charge in [-0.25, -0.2) is 8.42 Å². The Balaban J connectivity index is 0.00000128. The molecule has 1 atom stereocenters. The van der Waals surface area contributed by atoms with Crippen LogP contribution in [0, 0.1) is 0 Å². The van der Waals surface area contributed by atoms with E-state index in [2.05, 4.69) is 0 Å². The molecule has 0 aromatic heterocycles. The summed E-state index contributed by atoms with van der Waals surface area (Å²) in [5.74, 6) is 0. The van der Waals surface area contributed by atoms with Gasteiger partial charge >= 0.3 is 29.6 Å². The Bertz CT molecular complexity index is 527. The van der Waals surface area contributed by atoms with Crippen LogP contribution in [0.25, 0.3) is 6.08 Å². The van der Waals surface area contributed by atoms with Gasteiger partial charge in [-0.2, -0.15) is 0 Å². The molecule has 1 aliphatic rings. The van der Waals surface area contributed by atoms with Crippen LogP contribution >= 0.6 is 0 Å². The molecule has 0 bridgehead atoms. The monoisotopic (exact) mass is 247 g/mol. The van der Waals surface area contributed by atoms with E-state index in [1.54, 1.807) is 36.4 Å². The van der Waals surface area contributed by atoms with Gasteiger partial charge in [-0.05, 0) is 11.1 Å². The van der Waals surface area contributed by atoms with Crippen LogP contribution in [-0.4, -0.2) is 13.0 Å². The third kappa shape index (κ3) is 2.11. The molecular formula is C10H10NNaO3S. The molecule has 1 aromatic carbocycles. The molecule has 4 nitrogen and oxygen atoms in total. The first-order chi connectivity index (χ1) is 6.95. The van der Waals surface area contributed by atoms with Gasteiger partial charge in [-0.1, -0.05) is 36.4 Å². The van der Waals surface area contributed by atoms with Crippen molar-refractivity contribution in [2.24, 2.45) is 5.73 Å². The first-order valence-electron chi connectivity index (χ1n) is 4.45. The first-order valence-corrected chi connectivity index (χ1v) is 5.86. The third-order valence-electron chi connectivity index (χ3n) is 2.58. The number of hydrogen-bond acceptors (Lipinski definition) is 4. The Morgan fingerprint density at radius 2 is 1.94 bits per heavy atom. The maximum atomic E-state index is 11.2. The van der Waals surface area contributed by atoms with E-state index in [1.165, 1.54) is 0 Å². The van der Waals surface area contributed by atoms with E-state index in [-0.39, 0.29) is 36.0 Å². The molecule has 1 aliphatic carbocycles. The average Bonchev–Trinajstić information content (AvgIpc) is 2.17. The minimum absolute atomic E-state index is 0. The van der Waals surface area contributed by atoms with E-state index in [0.717, 1.165) is 0 Å². The number of nitrogens with two attached hydrogens (primary N) is 1. The Morgan fingerprint density at radius 3 is 2.56 bits per heavy atom. The Hall–Kier alpha value is -0.170. The van der Waals surface area contributed by atoms with Gasteiger partial charge in [-0.3, -0.25) is 0 Å². The van der Waals surface area contributed by atoms with Crippen LogP contribution in [-0.2, 0) is 15.0 Å². The summed E-state index contributed by atoms with van der Waals surface area (Å²) in [6.45, 7) is 0. The van der Waals surface area contributed by atoms with E-state index >= 15 is 0 Å². The van der Waals surface area contributed by atoms with Gasteiger partial charge in [-0.15, -0.1) is 0 Å². The van der Waals surface area contributed by atoms with Gasteiger partial charge in [0.25, 0.3) is 0 Å². The third-order valence-corrected chi connectivity index (χ3v) is 3.86. The zero-order chi connectivity index (χ0) is 11.1. The average molecular weight is 247 g/mol. The Labute approximate surface area is 117 Å². The number of hydrogen-bond donors (Lipinski definition) is 1. The smallest absolute Gasteiger partial charge is 0.746 e. The van der Waals surface area contributed by atoms with Gasteiger partial charge in [0, 0.05) is 6.42 Å². The minimum atomic E-state index is -4.56. The van der Waals surface area contributed by atoms with Crippen LogP contribution in [0.3, 0.4) is 0 Å². The van der Waals surface area contributed by atoms with Crippen molar-refractivity contribution in [2.75, 3.05) is 0 Å². The summed E-state index contributed by atoms with van der Waals surface area (Å²) < 4.78 is 33.5. The van der Waals surface area contributed by atoms with Crippen molar-refractivity contribution >= 4 is 16.2 Å². The van der Waals surface area contributed by atoms with Crippen molar-refractivity contribution in [3.8, 4) is 0 Å². The number of fused-ring (bicyclic) bond motifs is 1. The molecule has 6 heteroatoms. The molecule has 0 spiro atoms. The summed E-state index contributed by atoms with van der Waals surface area (Å²) in [6.07, 6.45) is 3.40. The maximum Gasteiger partial charge on any atom is 1.00 e. The van der Waals surface area contributed by atoms with Crippen LogP contribution < -0.4 is 35.3 Å². The predicted molar refractivity (Wildman–Crippen MR) is 55.7 cm³/mol. The van der Waals surface area contributed by atoms with E-state index in [0.29, 0.717) is 11.1 Å². The fraction of sp³-hybridized carbons (Fsp3) is 0.200. The van der Waals surface area contributed by atoms with Crippen LogP contribution in [0.2, 0.25) is 0 Å². The summed E-state index contributed by atoms with van der Waals surface area (Å²) in [5.41, 5.74) is 6.76. The van der Waals surface area contributed by atoms with Gasteiger partial charge in [0.15, 0.2) is 0 Å². The number of rotatable bonds is 1. The summed E-state index contributed by atoms with van der Waals surface area (Å²) in [6, 6.07) is 6.75. The molecule has 16 heavy (non-hydrogen) atoms. The summed E-state index contributed by atoms with van der Waals surface area (Å²) in [4.78, 5) is -1.82. The van der Waals surface area contributed by atoms with Crippen molar-refractivity contribution in [3.05, 3.63) is 41.5 Å². The van der Waals surface area contributed by atoms with Crippen LogP contribution in [0.1, 0.15) is 17.5 Å². The van der Waals surface area contributed by atoms with Gasteiger partial charge in [0.1, 0.15) is 15.0 Å². The van der Waals surface area contributed by atoms with E-state index in [9.17, 15) is 13.0 Å². The normalized spacial score (nSPS) is 23.4. The molecule has 0 fully saturated rings. The fourth-order valence-electron chi connectivity index (χ4n) is 1.74. The second kappa shape index (κ2) is 4.60. The SMILES string of the molecule is NC1(S(=O)(=O)[O-])CC=Cc2ccccc21.[Na+]. The Morgan fingerprint density at radius 1 is 1.31 bits per heavy atom. The van der Waals surface area contributed by atoms with Crippen molar-refractivity contribution < 1.29 is 42.5 Å². The molecule has 0 heterocycles. The molecule has 0 saturated carbocycles. The summed E-state index contributed by atoms with van der Waals surface area (Å²) in [5, 5.41) is 0. The molecule has 2 N–H and O–H groups in total. The van der Waals surface area contributed by atoms with E-state index in [4.69, 9.17) is 5.73 Å². The predicted octanol–water partition coefficient (Wildman–Crippen LogP) is -2.24. The van der Waals surface area contributed by atoms with Crippen LogP contribution in [0.5, 0.6) is 0 Å². The molecule has 1 aromatic rings. The summed E-state index contributed by atoms with van der Waals surface area (Å²) in [7, 11) is -4.56. The molecule has 0 aliphatic heterocycles. The molecular weight excluding hydrogens is 237 g/mol. The maximum absolute atomic E-state index is 11.2. The van der Waals surface area contributed by atoms with Crippen molar-refractivity contribution in [3.63, 3.8) is 0 Å². The molecule has 80 valence electrons. The fourth-order valence-corrected chi connectivity index (χ4v) is 2.49. The molecule has 2 rings (SSSR count). The molecule has 0 saturated heterocycles. The standard InChI is InChI=1S/C10H11NO3S.Na/c11-10(15(12,13)14)7-3-5-8-4-1-2-6-9(8)10;/h1-6H,7,11H2,(H,12,13,14);/q;+1/p-1. The zero-order valence-electron chi connectivity index (χ0n) is 8.88.